The van der Waals surface area contributed by atoms with E-state index in [9.17, 15) is 14.0 Å². The van der Waals surface area contributed by atoms with Crippen LogP contribution in [0.5, 0.6) is 5.75 Å². The van der Waals surface area contributed by atoms with Gasteiger partial charge in [0, 0.05) is 0 Å². The monoisotopic (exact) mass is 491 g/mol. The van der Waals surface area contributed by atoms with E-state index in [-0.39, 0.29) is 24.5 Å². The molecule has 35 heavy (non-hydrogen) atoms. The van der Waals surface area contributed by atoms with Crippen LogP contribution in [0.25, 0.3) is 0 Å². The molecule has 0 saturated heterocycles. The van der Waals surface area contributed by atoms with Crippen LogP contribution in [-0.4, -0.2) is 18.6 Å². The highest BCUT2D eigenvalue weighted by Gasteiger charge is 2.34. The van der Waals surface area contributed by atoms with Gasteiger partial charge in [0.25, 0.3) is 0 Å². The van der Waals surface area contributed by atoms with E-state index in [4.69, 9.17) is 26.3 Å². The molecule has 3 aromatic rings. The lowest BCUT2D eigenvalue weighted by Gasteiger charge is -2.29. The standard InChI is InChI=1S/C26H19ClFN3O4/c27-20-6-1-2-7-22(20)34-15-21-23(25(32)35-14-17-5-3-4-16(12-17)13-29)24(31-26(33)30-21)18-8-10-19(28)11-9-18/h1-12,24H,14-15H2,(H2,30,31,33). The lowest BCUT2D eigenvalue weighted by atomic mass is 9.95. The van der Waals surface area contributed by atoms with Gasteiger partial charge in [-0.2, -0.15) is 5.26 Å². The van der Waals surface area contributed by atoms with Crippen LogP contribution in [0.1, 0.15) is 22.7 Å². The number of hydrogen-bond acceptors (Lipinski definition) is 5. The maximum atomic E-state index is 13.5. The summed E-state index contributed by atoms with van der Waals surface area (Å²) in [5.41, 5.74) is 1.81. The number of para-hydroxylation sites is 1. The molecule has 1 unspecified atom stereocenters. The lowest BCUT2D eigenvalue weighted by molar-refractivity contribution is -0.140. The Morgan fingerprint density at radius 2 is 1.83 bits per heavy atom. The predicted molar refractivity (Wildman–Crippen MR) is 126 cm³/mol. The summed E-state index contributed by atoms with van der Waals surface area (Å²) < 4.78 is 24.8. The molecule has 0 saturated carbocycles. The molecule has 0 aliphatic carbocycles. The summed E-state index contributed by atoms with van der Waals surface area (Å²) in [7, 11) is 0. The second-order valence-corrected chi connectivity index (χ2v) is 7.99. The molecule has 1 heterocycles. The van der Waals surface area contributed by atoms with Crippen molar-refractivity contribution in [1.82, 2.24) is 10.6 Å². The SMILES string of the molecule is N#Cc1cccc(COC(=O)C2=C(COc3ccccc3Cl)NC(=O)NC2c2ccc(F)cc2)c1. The lowest BCUT2D eigenvalue weighted by Crippen LogP contribution is -2.47. The number of hydrogen-bond donors (Lipinski definition) is 2. The van der Waals surface area contributed by atoms with Gasteiger partial charge in [-0.25, -0.2) is 14.0 Å². The van der Waals surface area contributed by atoms with Gasteiger partial charge >= 0.3 is 12.0 Å². The van der Waals surface area contributed by atoms with Crippen molar-refractivity contribution in [2.24, 2.45) is 0 Å². The van der Waals surface area contributed by atoms with E-state index in [1.807, 2.05) is 6.07 Å². The third kappa shape index (κ3) is 5.78. The molecule has 2 amide bonds. The van der Waals surface area contributed by atoms with Gasteiger partial charge < -0.3 is 20.1 Å². The summed E-state index contributed by atoms with van der Waals surface area (Å²) in [4.78, 5) is 25.7. The topological polar surface area (TPSA) is 100 Å². The van der Waals surface area contributed by atoms with Crippen LogP contribution in [0, 0.1) is 17.1 Å². The van der Waals surface area contributed by atoms with Crippen LogP contribution < -0.4 is 15.4 Å². The summed E-state index contributed by atoms with van der Waals surface area (Å²) in [6.07, 6.45) is 0. The van der Waals surface area contributed by atoms with E-state index < -0.39 is 23.9 Å². The van der Waals surface area contributed by atoms with Crippen LogP contribution >= 0.6 is 11.6 Å². The Hall–Kier alpha value is -4.35. The molecule has 176 valence electrons. The summed E-state index contributed by atoms with van der Waals surface area (Å²) >= 11 is 6.16. The number of nitrogens with zero attached hydrogens (tertiary/aromatic N) is 1. The number of urea groups is 1. The number of nitriles is 1. The average Bonchev–Trinajstić information content (AvgIpc) is 2.87. The van der Waals surface area contributed by atoms with Gasteiger partial charge in [-0.05, 0) is 47.5 Å². The highest BCUT2D eigenvalue weighted by molar-refractivity contribution is 6.32. The highest BCUT2D eigenvalue weighted by atomic mass is 35.5. The molecule has 7 nitrogen and oxygen atoms in total. The number of carbonyl (C=O) groups excluding carboxylic acids is 2. The number of halogens is 2. The first-order valence-electron chi connectivity index (χ1n) is 10.5. The highest BCUT2D eigenvalue weighted by Crippen LogP contribution is 2.30. The molecule has 9 heteroatoms. The quantitative estimate of drug-likeness (QED) is 0.463. The zero-order valence-corrected chi connectivity index (χ0v) is 19.0. The first-order valence-corrected chi connectivity index (χ1v) is 10.9. The Morgan fingerprint density at radius 3 is 2.57 bits per heavy atom. The van der Waals surface area contributed by atoms with Crippen molar-refractivity contribution >= 4 is 23.6 Å². The largest absolute Gasteiger partial charge is 0.486 e. The fraction of sp³-hybridized carbons (Fsp3) is 0.115. The van der Waals surface area contributed by atoms with E-state index in [1.54, 1.807) is 48.5 Å². The number of ether oxygens (including phenoxy) is 2. The molecule has 0 bridgehead atoms. The molecule has 0 aromatic heterocycles. The molecule has 1 aliphatic heterocycles. The minimum Gasteiger partial charge on any atom is -0.486 e. The Labute approximate surface area is 205 Å². The van der Waals surface area contributed by atoms with Crippen LogP contribution in [0.15, 0.2) is 84.1 Å². The van der Waals surface area contributed by atoms with Gasteiger partial charge in [0.05, 0.1) is 34.0 Å². The minimum absolute atomic E-state index is 0.0966. The molecule has 2 N–H and O–H groups in total. The number of esters is 1. The van der Waals surface area contributed by atoms with Crippen molar-refractivity contribution < 1.29 is 23.5 Å². The Balaban J connectivity index is 1.66. The number of benzene rings is 3. The predicted octanol–water partition coefficient (Wildman–Crippen LogP) is 4.78. The van der Waals surface area contributed by atoms with Crippen LogP contribution in [-0.2, 0) is 16.1 Å². The molecular formula is C26H19ClFN3O4. The van der Waals surface area contributed by atoms with Crippen molar-refractivity contribution in [1.29, 1.82) is 5.26 Å². The van der Waals surface area contributed by atoms with E-state index >= 15 is 0 Å². The van der Waals surface area contributed by atoms with Crippen molar-refractivity contribution in [3.8, 4) is 11.8 Å². The van der Waals surface area contributed by atoms with Gasteiger partial charge in [-0.15, -0.1) is 0 Å². The zero-order chi connectivity index (χ0) is 24.8. The second kappa shape index (κ2) is 10.7. The molecular weight excluding hydrogens is 473 g/mol. The summed E-state index contributed by atoms with van der Waals surface area (Å²) in [5, 5.41) is 14.7. The maximum Gasteiger partial charge on any atom is 0.338 e. The van der Waals surface area contributed by atoms with Crippen LogP contribution in [0.3, 0.4) is 0 Å². The van der Waals surface area contributed by atoms with Crippen molar-refractivity contribution in [3.63, 3.8) is 0 Å². The third-order valence-corrected chi connectivity index (χ3v) is 5.52. The fourth-order valence-corrected chi connectivity index (χ4v) is 3.74. The molecule has 1 atom stereocenters. The summed E-state index contributed by atoms with van der Waals surface area (Å²) in [6, 6.07) is 19.4. The van der Waals surface area contributed by atoms with Crippen LogP contribution in [0.4, 0.5) is 9.18 Å². The Kier molecular flexibility index (Phi) is 7.29. The normalized spacial score (nSPS) is 15.0. The van der Waals surface area contributed by atoms with E-state index in [0.717, 1.165) is 0 Å². The number of amides is 2. The molecule has 0 radical (unpaired) electrons. The minimum atomic E-state index is -0.910. The van der Waals surface area contributed by atoms with Crippen LogP contribution in [0.2, 0.25) is 5.02 Å². The molecule has 1 aliphatic rings. The van der Waals surface area contributed by atoms with E-state index in [2.05, 4.69) is 10.6 Å². The number of carbonyl (C=O) groups is 2. The fourth-order valence-electron chi connectivity index (χ4n) is 3.55. The molecule has 3 aromatic carbocycles. The first kappa shape index (κ1) is 23.8. The summed E-state index contributed by atoms with van der Waals surface area (Å²) in [6.45, 7) is -0.274. The number of nitrogens with one attached hydrogen (secondary N) is 2. The van der Waals surface area contributed by atoms with Gasteiger partial charge in [-0.1, -0.05) is 48.0 Å². The maximum absolute atomic E-state index is 13.5. The molecule has 0 fully saturated rings. The Bertz CT molecular complexity index is 1330. The third-order valence-electron chi connectivity index (χ3n) is 5.21. The second-order valence-electron chi connectivity index (χ2n) is 7.58. The van der Waals surface area contributed by atoms with Gasteiger partial charge in [-0.3, -0.25) is 0 Å². The van der Waals surface area contributed by atoms with Crippen molar-refractivity contribution in [2.75, 3.05) is 6.61 Å². The zero-order valence-electron chi connectivity index (χ0n) is 18.3. The average molecular weight is 492 g/mol. The smallest absolute Gasteiger partial charge is 0.338 e. The van der Waals surface area contributed by atoms with Gasteiger partial charge in [0.15, 0.2) is 0 Å². The van der Waals surface area contributed by atoms with Crippen molar-refractivity contribution in [3.05, 3.63) is 112 Å². The number of rotatable bonds is 7. The van der Waals surface area contributed by atoms with E-state index in [1.165, 1.54) is 24.3 Å². The van der Waals surface area contributed by atoms with E-state index in [0.29, 0.717) is 27.5 Å². The van der Waals surface area contributed by atoms with Gasteiger partial charge in [0.1, 0.15) is 24.8 Å². The first-order chi connectivity index (χ1) is 16.9. The van der Waals surface area contributed by atoms with Crippen molar-refractivity contribution in [2.45, 2.75) is 12.6 Å². The molecule has 0 spiro atoms. The Morgan fingerprint density at radius 1 is 1.06 bits per heavy atom. The van der Waals surface area contributed by atoms with Gasteiger partial charge in [0.2, 0.25) is 0 Å². The molecule has 4 rings (SSSR count). The summed E-state index contributed by atoms with van der Waals surface area (Å²) in [5.74, 6) is -0.803.